The fourth-order valence-electron chi connectivity index (χ4n) is 4.66. The number of benzene rings is 1. The zero-order chi connectivity index (χ0) is 38.6. The number of aromatic carboxylic acids is 2. The van der Waals surface area contributed by atoms with Crippen LogP contribution in [-0.4, -0.2) is 65.4 Å². The number of carboxylic acid groups (broad SMARTS) is 2. The molecule has 4 aromatic heterocycles. The molecule has 4 heterocycles. The van der Waals surface area contributed by atoms with E-state index in [4.69, 9.17) is 4.74 Å². The summed E-state index contributed by atoms with van der Waals surface area (Å²) >= 11 is 0. The lowest BCUT2D eigenvalue weighted by Crippen LogP contribution is -2.07. The molecule has 13 nitrogen and oxygen atoms in total. The van der Waals surface area contributed by atoms with Crippen LogP contribution in [0.3, 0.4) is 0 Å². The summed E-state index contributed by atoms with van der Waals surface area (Å²) in [6.45, 7) is 14.5. The topological polar surface area (TPSA) is 169 Å². The number of aromatic nitrogens is 6. The normalized spacial score (nSPS) is 10.7. The highest BCUT2D eigenvalue weighted by Crippen LogP contribution is 2.32. The Morgan fingerprint density at radius 2 is 1.52 bits per heavy atom. The van der Waals surface area contributed by atoms with Crippen molar-refractivity contribution in [1.29, 1.82) is 0 Å². The maximum atomic E-state index is 14.1. The summed E-state index contributed by atoms with van der Waals surface area (Å²) in [4.78, 5) is 30.4. The Morgan fingerprint density at radius 3 is 2.00 bits per heavy atom. The Kier molecular flexibility index (Phi) is 17.6. The summed E-state index contributed by atoms with van der Waals surface area (Å²) in [5.74, 6) is -1.82. The van der Waals surface area contributed by atoms with Crippen LogP contribution in [-0.2, 0) is 18.3 Å². The van der Waals surface area contributed by atoms with Crippen LogP contribution in [0.15, 0.2) is 86.0 Å². The van der Waals surface area contributed by atoms with Gasteiger partial charge in [-0.25, -0.2) is 14.0 Å². The number of carboxylic acids is 2. The maximum Gasteiger partial charge on any atom is 0.337 e. The second-order valence-electron chi connectivity index (χ2n) is 10.3. The Morgan fingerprint density at radius 1 is 0.942 bits per heavy atom. The molecule has 0 bridgehead atoms. The predicted molar refractivity (Wildman–Crippen MR) is 205 cm³/mol. The lowest BCUT2D eigenvalue weighted by molar-refractivity contribution is 0.0687. The highest BCUT2D eigenvalue weighted by atomic mass is 19.1. The maximum absolute atomic E-state index is 14.1. The van der Waals surface area contributed by atoms with Crippen molar-refractivity contribution in [1.82, 2.24) is 29.5 Å². The third kappa shape index (κ3) is 11.2. The summed E-state index contributed by atoms with van der Waals surface area (Å²) in [6, 6.07) is 10.6. The number of halogens is 1. The van der Waals surface area contributed by atoms with Gasteiger partial charge in [0, 0.05) is 31.9 Å². The van der Waals surface area contributed by atoms with E-state index < -0.39 is 17.8 Å². The Labute approximate surface area is 303 Å². The lowest BCUT2D eigenvalue weighted by Gasteiger charge is -2.08. The number of nitrogens with one attached hydrogen (secondary N) is 2. The molecule has 0 saturated heterocycles. The van der Waals surface area contributed by atoms with Crippen molar-refractivity contribution < 1.29 is 28.9 Å². The number of carbonyl (C=O) groups is 2. The molecule has 0 radical (unpaired) electrons. The van der Waals surface area contributed by atoms with Gasteiger partial charge in [-0.3, -0.25) is 19.3 Å². The second-order valence-corrected chi connectivity index (χ2v) is 10.3. The minimum atomic E-state index is -1.11. The highest BCUT2D eigenvalue weighted by Gasteiger charge is 2.20. The van der Waals surface area contributed by atoms with Crippen LogP contribution in [0.5, 0.6) is 0 Å². The van der Waals surface area contributed by atoms with Gasteiger partial charge in [-0.1, -0.05) is 57.7 Å². The molecule has 0 saturated carbocycles. The minimum absolute atomic E-state index is 0.0210. The van der Waals surface area contributed by atoms with Crippen molar-refractivity contribution >= 4 is 57.8 Å². The number of aryl methyl sites for hydroxylation is 1. The Balaban J connectivity index is 0.000000306. The van der Waals surface area contributed by atoms with Crippen LogP contribution < -0.4 is 10.6 Å². The number of methoxy groups -OCH3 is 1. The first-order valence-electron chi connectivity index (χ1n) is 16.6. The van der Waals surface area contributed by atoms with Crippen molar-refractivity contribution in [3.8, 4) is 0 Å². The lowest BCUT2D eigenvalue weighted by atomic mass is 10.1. The third-order valence-corrected chi connectivity index (χ3v) is 7.02. The van der Waals surface area contributed by atoms with Crippen molar-refractivity contribution in [3.63, 3.8) is 0 Å². The van der Waals surface area contributed by atoms with E-state index in [2.05, 4.69) is 56.5 Å². The molecule has 0 aliphatic heterocycles. The largest absolute Gasteiger partial charge is 0.478 e. The van der Waals surface area contributed by atoms with Crippen LogP contribution >= 0.6 is 0 Å². The Bertz CT molecular complexity index is 1980. The Hall–Kier alpha value is -6.15. The van der Waals surface area contributed by atoms with Crippen LogP contribution in [0.25, 0.3) is 22.8 Å². The van der Waals surface area contributed by atoms with Crippen molar-refractivity contribution in [3.05, 3.63) is 108 Å². The fraction of sp³-hybridized carbons (Fsp3) is 0.263. The first-order valence-corrected chi connectivity index (χ1v) is 16.6. The molecule has 4 N–H and O–H groups in total. The average Bonchev–Trinajstić information content (AvgIpc) is 3.67. The summed E-state index contributed by atoms with van der Waals surface area (Å²) in [6.07, 6.45) is 13.8. The van der Waals surface area contributed by atoms with Gasteiger partial charge in [0.2, 0.25) is 0 Å². The van der Waals surface area contributed by atoms with Gasteiger partial charge in [-0.15, -0.1) is 0 Å². The molecule has 0 aliphatic carbocycles. The van der Waals surface area contributed by atoms with Crippen molar-refractivity contribution in [2.45, 2.75) is 47.6 Å². The molecule has 52 heavy (non-hydrogen) atoms. The number of hydrogen-bond acceptors (Lipinski definition) is 9. The molecule has 5 rings (SSSR count). The number of allylic oxidation sites excluding steroid dienone is 3. The third-order valence-electron chi connectivity index (χ3n) is 7.02. The summed E-state index contributed by atoms with van der Waals surface area (Å²) < 4.78 is 22.5. The molecular weight excluding hydrogens is 667 g/mol. The number of para-hydroxylation sites is 1. The zero-order valence-corrected chi connectivity index (χ0v) is 30.6. The average molecular weight is 715 g/mol. The van der Waals surface area contributed by atoms with E-state index in [1.807, 2.05) is 49.7 Å². The molecule has 5 aromatic rings. The van der Waals surface area contributed by atoms with Crippen molar-refractivity contribution in [2.24, 2.45) is 7.05 Å². The number of anilines is 4. The van der Waals surface area contributed by atoms with Crippen LogP contribution in [0, 0.1) is 0 Å². The summed E-state index contributed by atoms with van der Waals surface area (Å²) in [7, 11) is 3.29. The van der Waals surface area contributed by atoms with E-state index in [-0.39, 0.29) is 28.2 Å². The van der Waals surface area contributed by atoms with Crippen LogP contribution in [0.4, 0.5) is 27.4 Å². The van der Waals surface area contributed by atoms with E-state index in [1.165, 1.54) is 53.8 Å². The van der Waals surface area contributed by atoms with E-state index >= 15 is 0 Å². The number of ether oxygens (including phenoxy) is 1. The highest BCUT2D eigenvalue weighted by molar-refractivity contribution is 5.98. The van der Waals surface area contributed by atoms with Gasteiger partial charge in [0.15, 0.2) is 11.6 Å². The van der Waals surface area contributed by atoms with Gasteiger partial charge in [0.1, 0.15) is 5.83 Å². The van der Waals surface area contributed by atoms with E-state index in [0.717, 1.165) is 17.3 Å². The predicted octanol–water partition coefficient (Wildman–Crippen LogP) is 8.75. The SMILES string of the molecule is C/C=C\CC.C=Cc1c(/C(F)=C\C)c(Nc2cnccc2C(=O)O)nn1C.CC.COCCn1nc(Nc2cnccc2C(=O)O)c2ccccc21. The number of fused-ring (bicyclic) bond motifs is 1. The van der Waals surface area contributed by atoms with E-state index in [1.54, 1.807) is 21.1 Å². The van der Waals surface area contributed by atoms with Gasteiger partial charge in [0.25, 0.3) is 0 Å². The molecule has 0 spiro atoms. The molecule has 0 fully saturated rings. The first kappa shape index (κ1) is 42.0. The standard InChI is InChI=1S/C16H16N4O3.C15H15FN4O2.C5H10.C2H6/c1-23-9-8-20-14-5-3-2-4-12(14)15(19-20)18-13-10-17-7-6-11(13)16(21)22;1-4-10(16)13-12(5-2)20(3)19-14(13)18-11-8-17-7-6-9(11)15(21)22;1-3-5-4-2;1-2/h2-7,10H,8-9H2,1H3,(H,18,19)(H,21,22);4-8H,2H2,1,3H3,(H,18,19)(H,21,22);3,5H,4H2,1-2H3;1-2H3/b;10-4+;5-3-;. The number of rotatable bonds is 12. The van der Waals surface area contributed by atoms with Gasteiger partial charge < -0.3 is 25.6 Å². The molecule has 0 unspecified atom stereocenters. The van der Waals surface area contributed by atoms with Crippen molar-refractivity contribution in [2.75, 3.05) is 24.4 Å². The number of hydrogen-bond donors (Lipinski definition) is 4. The van der Waals surface area contributed by atoms with E-state index in [9.17, 15) is 24.2 Å². The zero-order valence-electron chi connectivity index (χ0n) is 30.6. The van der Waals surface area contributed by atoms with Crippen LogP contribution in [0.1, 0.15) is 73.0 Å². The van der Waals surface area contributed by atoms with Gasteiger partial charge >= 0.3 is 11.9 Å². The quantitative estimate of drug-likeness (QED) is 0.0912. The molecule has 0 atom stereocenters. The molecule has 1 aromatic carbocycles. The monoisotopic (exact) mass is 714 g/mol. The molecule has 14 heteroatoms. The van der Waals surface area contributed by atoms with E-state index in [0.29, 0.717) is 30.4 Å². The van der Waals surface area contributed by atoms with Gasteiger partial charge in [-0.05, 0) is 50.6 Å². The van der Waals surface area contributed by atoms with Gasteiger partial charge in [-0.2, -0.15) is 10.2 Å². The fourth-order valence-corrected chi connectivity index (χ4v) is 4.66. The molecule has 0 amide bonds. The summed E-state index contributed by atoms with van der Waals surface area (Å²) in [5, 5.41) is 34.0. The first-order chi connectivity index (χ1) is 25.1. The number of pyridine rings is 2. The molecule has 0 aliphatic rings. The molecular formula is C38H47FN8O5. The van der Waals surface area contributed by atoms with Crippen LogP contribution in [0.2, 0.25) is 0 Å². The summed E-state index contributed by atoms with van der Waals surface area (Å²) in [5.41, 5.74) is 2.46. The molecule has 276 valence electrons. The second kappa shape index (κ2) is 21.8. The smallest absolute Gasteiger partial charge is 0.337 e. The minimum Gasteiger partial charge on any atom is -0.478 e. The number of nitrogens with zero attached hydrogens (tertiary/aromatic N) is 6. The van der Waals surface area contributed by atoms with Gasteiger partial charge in [0.05, 0.1) is 64.8 Å².